The molecule has 1 aliphatic heterocycles. The third-order valence-electron chi connectivity index (χ3n) is 4.80. The van der Waals surface area contributed by atoms with E-state index in [9.17, 15) is 4.79 Å². The van der Waals surface area contributed by atoms with Crippen molar-refractivity contribution in [2.45, 2.75) is 18.8 Å². The molecule has 0 saturated carbocycles. The average Bonchev–Trinajstić information content (AvgIpc) is 3.31. The fraction of sp³-hybridized carbons (Fsp3) is 0.412. The quantitative estimate of drug-likeness (QED) is 0.750. The van der Waals surface area contributed by atoms with E-state index >= 15 is 0 Å². The Labute approximate surface area is 156 Å². The molecule has 1 saturated heterocycles. The third-order valence-corrected chi connectivity index (χ3v) is 4.80. The topological polar surface area (TPSA) is 107 Å². The van der Waals surface area contributed by atoms with Crippen LogP contribution in [0.3, 0.4) is 0 Å². The minimum atomic E-state index is -0.0863. The number of urea groups is 1. The summed E-state index contributed by atoms with van der Waals surface area (Å²) in [5.41, 5.74) is 1.59. The number of nitrogens with one attached hydrogen (secondary N) is 1. The molecule has 0 radical (unpaired) electrons. The van der Waals surface area contributed by atoms with Gasteiger partial charge in [0.25, 0.3) is 0 Å². The third kappa shape index (κ3) is 3.64. The first-order valence-corrected chi connectivity index (χ1v) is 8.84. The van der Waals surface area contributed by atoms with Gasteiger partial charge in [0.2, 0.25) is 5.82 Å². The minimum absolute atomic E-state index is 0.0863. The van der Waals surface area contributed by atoms with E-state index in [4.69, 9.17) is 0 Å². The average molecular weight is 367 g/mol. The number of carbonyl (C=O) groups is 1. The van der Waals surface area contributed by atoms with Crippen LogP contribution in [0.4, 0.5) is 10.5 Å². The van der Waals surface area contributed by atoms with Crippen LogP contribution >= 0.6 is 0 Å². The highest BCUT2D eigenvalue weighted by molar-refractivity contribution is 5.89. The van der Waals surface area contributed by atoms with Crippen LogP contribution in [0.25, 0.3) is 11.4 Å². The second-order valence-corrected chi connectivity index (χ2v) is 6.67. The molecule has 3 heterocycles. The van der Waals surface area contributed by atoms with Gasteiger partial charge in [-0.2, -0.15) is 4.80 Å². The molecular formula is C17H21N9O. The summed E-state index contributed by atoms with van der Waals surface area (Å²) < 4.78 is 1.95. The van der Waals surface area contributed by atoms with Crippen LogP contribution in [0.2, 0.25) is 0 Å². The number of hydrogen-bond donors (Lipinski definition) is 1. The maximum atomic E-state index is 12.5. The summed E-state index contributed by atoms with van der Waals surface area (Å²) in [6, 6.07) is 7.34. The van der Waals surface area contributed by atoms with E-state index in [-0.39, 0.29) is 6.03 Å². The highest BCUT2D eigenvalue weighted by atomic mass is 16.2. The predicted molar refractivity (Wildman–Crippen MR) is 97.8 cm³/mol. The molecule has 1 aromatic carbocycles. The van der Waals surface area contributed by atoms with E-state index in [0.717, 1.165) is 29.9 Å². The van der Waals surface area contributed by atoms with Crippen LogP contribution in [0.15, 0.2) is 30.6 Å². The summed E-state index contributed by atoms with van der Waals surface area (Å²) in [7, 11) is 3.67. The van der Waals surface area contributed by atoms with Crippen molar-refractivity contribution in [3.05, 3.63) is 36.4 Å². The molecule has 2 aromatic heterocycles. The Kier molecular flexibility index (Phi) is 4.53. The summed E-state index contributed by atoms with van der Waals surface area (Å²) in [6.07, 6.45) is 3.49. The fourth-order valence-corrected chi connectivity index (χ4v) is 3.31. The number of nitrogens with zero attached hydrogens (tertiary/aromatic N) is 8. The zero-order valence-electron chi connectivity index (χ0n) is 15.3. The second kappa shape index (κ2) is 7.14. The molecule has 10 nitrogen and oxygen atoms in total. The highest BCUT2D eigenvalue weighted by Gasteiger charge is 2.26. The number of benzene rings is 1. The zero-order chi connectivity index (χ0) is 18.8. The van der Waals surface area contributed by atoms with Gasteiger partial charge < -0.3 is 14.8 Å². The van der Waals surface area contributed by atoms with Crippen molar-refractivity contribution in [2.24, 2.45) is 14.1 Å². The van der Waals surface area contributed by atoms with Crippen LogP contribution in [-0.4, -0.2) is 59.0 Å². The lowest BCUT2D eigenvalue weighted by molar-refractivity contribution is 0.193. The van der Waals surface area contributed by atoms with E-state index in [1.807, 2.05) is 40.8 Å². The van der Waals surface area contributed by atoms with Gasteiger partial charge in [-0.3, -0.25) is 0 Å². The Hall–Kier alpha value is -3.30. The summed E-state index contributed by atoms with van der Waals surface area (Å²) in [6.45, 7) is 1.40. The largest absolute Gasteiger partial charge is 0.324 e. The van der Waals surface area contributed by atoms with Crippen LogP contribution in [0.1, 0.15) is 24.6 Å². The summed E-state index contributed by atoms with van der Waals surface area (Å²) in [5, 5.41) is 23.1. The van der Waals surface area contributed by atoms with E-state index < -0.39 is 0 Å². The van der Waals surface area contributed by atoms with Crippen LogP contribution in [0, 0.1) is 0 Å². The van der Waals surface area contributed by atoms with Gasteiger partial charge in [0.1, 0.15) is 12.2 Å². The lowest BCUT2D eigenvalue weighted by Crippen LogP contribution is -2.40. The Morgan fingerprint density at radius 1 is 1.11 bits per heavy atom. The monoisotopic (exact) mass is 367 g/mol. The van der Waals surface area contributed by atoms with Crippen LogP contribution < -0.4 is 5.32 Å². The molecule has 2 amide bonds. The van der Waals surface area contributed by atoms with Crippen molar-refractivity contribution in [3.63, 3.8) is 0 Å². The standard InChI is InChI=1S/C17H21N9O/c1-24-11-18-21-16(24)13-7-9-26(10-8-13)17(27)19-14-5-3-12(4-6-14)15-20-23-25(2)22-15/h3-6,11,13H,7-10H2,1-2H3,(H,19,27). The van der Waals surface area contributed by atoms with Crippen molar-refractivity contribution in [3.8, 4) is 11.4 Å². The molecule has 0 atom stereocenters. The minimum Gasteiger partial charge on any atom is -0.324 e. The molecule has 4 rings (SSSR count). The Bertz CT molecular complexity index is 922. The van der Waals surface area contributed by atoms with Gasteiger partial charge in [-0.05, 0) is 42.3 Å². The molecule has 0 spiro atoms. The number of amides is 2. The number of aryl methyl sites for hydroxylation is 2. The zero-order valence-corrected chi connectivity index (χ0v) is 15.3. The first-order valence-electron chi connectivity index (χ1n) is 8.84. The van der Waals surface area contributed by atoms with Gasteiger partial charge in [0.05, 0.1) is 7.05 Å². The van der Waals surface area contributed by atoms with E-state index in [1.165, 1.54) is 4.80 Å². The molecule has 10 heteroatoms. The Morgan fingerprint density at radius 2 is 1.85 bits per heavy atom. The van der Waals surface area contributed by atoms with Gasteiger partial charge in [-0.15, -0.1) is 20.4 Å². The Balaban J connectivity index is 1.34. The molecule has 27 heavy (non-hydrogen) atoms. The smallest absolute Gasteiger partial charge is 0.321 e. The Morgan fingerprint density at radius 3 is 2.44 bits per heavy atom. The second-order valence-electron chi connectivity index (χ2n) is 6.67. The summed E-state index contributed by atoms with van der Waals surface area (Å²) in [4.78, 5) is 15.8. The number of anilines is 1. The van der Waals surface area contributed by atoms with Gasteiger partial charge in [-0.1, -0.05) is 0 Å². The molecular weight excluding hydrogens is 346 g/mol. The predicted octanol–water partition coefficient (Wildman–Crippen LogP) is 1.42. The van der Waals surface area contributed by atoms with Crippen molar-refractivity contribution in [1.29, 1.82) is 0 Å². The SMILES string of the molecule is Cn1nnc(-c2ccc(NC(=O)N3CCC(c4nncn4C)CC3)cc2)n1. The number of likely N-dealkylation sites (tertiary alicyclic amines) is 1. The first kappa shape index (κ1) is 17.1. The normalized spacial score (nSPS) is 15.1. The first-order chi connectivity index (χ1) is 13.1. The summed E-state index contributed by atoms with van der Waals surface area (Å²) >= 11 is 0. The molecule has 1 N–H and O–H groups in total. The van der Waals surface area contributed by atoms with E-state index in [0.29, 0.717) is 24.8 Å². The number of carbonyl (C=O) groups excluding carboxylic acids is 1. The number of aromatic nitrogens is 7. The molecule has 1 fully saturated rings. The van der Waals surface area contributed by atoms with Crippen molar-refractivity contribution in [2.75, 3.05) is 18.4 Å². The lowest BCUT2D eigenvalue weighted by Gasteiger charge is -2.31. The number of rotatable bonds is 3. The van der Waals surface area contributed by atoms with Crippen LogP contribution in [-0.2, 0) is 14.1 Å². The van der Waals surface area contributed by atoms with Crippen molar-refractivity contribution < 1.29 is 4.79 Å². The summed E-state index contributed by atoms with van der Waals surface area (Å²) in [5.74, 6) is 1.89. The fourth-order valence-electron chi connectivity index (χ4n) is 3.31. The number of tetrazole rings is 1. The molecule has 0 aliphatic carbocycles. The van der Waals surface area contributed by atoms with Gasteiger partial charge in [0.15, 0.2) is 0 Å². The molecule has 0 unspecified atom stereocenters. The number of hydrogen-bond acceptors (Lipinski definition) is 6. The van der Waals surface area contributed by atoms with Crippen molar-refractivity contribution in [1.82, 2.24) is 39.9 Å². The van der Waals surface area contributed by atoms with Gasteiger partial charge in [-0.25, -0.2) is 4.79 Å². The lowest BCUT2D eigenvalue weighted by atomic mass is 9.96. The molecule has 140 valence electrons. The molecule has 1 aliphatic rings. The maximum absolute atomic E-state index is 12.5. The highest BCUT2D eigenvalue weighted by Crippen LogP contribution is 2.26. The molecule has 3 aromatic rings. The van der Waals surface area contributed by atoms with E-state index in [1.54, 1.807) is 13.4 Å². The van der Waals surface area contributed by atoms with E-state index in [2.05, 4.69) is 30.9 Å². The van der Waals surface area contributed by atoms with Crippen molar-refractivity contribution >= 4 is 11.7 Å². The van der Waals surface area contributed by atoms with Gasteiger partial charge in [0, 0.05) is 37.3 Å². The number of piperidine rings is 1. The van der Waals surface area contributed by atoms with Crippen LogP contribution in [0.5, 0.6) is 0 Å². The maximum Gasteiger partial charge on any atom is 0.321 e. The van der Waals surface area contributed by atoms with Gasteiger partial charge >= 0.3 is 6.03 Å². The molecule has 0 bridgehead atoms.